The lowest BCUT2D eigenvalue weighted by atomic mass is 9.88. The van der Waals surface area contributed by atoms with Crippen molar-refractivity contribution in [1.82, 2.24) is 20.1 Å². The highest BCUT2D eigenvalue weighted by Crippen LogP contribution is 2.28. The molecule has 2 aromatic rings. The number of pyridine rings is 1. The number of carbonyl (C=O) groups excluding carboxylic acids is 2. The van der Waals surface area contributed by atoms with E-state index in [1.807, 2.05) is 32.9 Å². The number of carbonyl (C=O) groups is 2. The molecule has 2 atom stereocenters. The maximum Gasteiger partial charge on any atom is 0.410 e. The van der Waals surface area contributed by atoms with Crippen LogP contribution in [0.25, 0.3) is 0 Å². The number of nitrogens with one attached hydrogen (secondary N) is 2. The monoisotopic (exact) mass is 531 g/mol. The van der Waals surface area contributed by atoms with Gasteiger partial charge in [0.2, 0.25) is 0 Å². The molecule has 0 aliphatic carbocycles. The molecule has 37 heavy (non-hydrogen) atoms. The Labute approximate surface area is 224 Å². The highest BCUT2D eigenvalue weighted by molar-refractivity contribution is 6.30. The minimum absolute atomic E-state index is 0.000732. The normalized spacial score (nSPS) is 18.1. The molecule has 10 heteroatoms. The van der Waals surface area contributed by atoms with Crippen LogP contribution in [0.5, 0.6) is 5.75 Å². The predicted octanol–water partition coefficient (Wildman–Crippen LogP) is 4.98. The van der Waals surface area contributed by atoms with Crippen LogP contribution in [0, 0.1) is 0 Å². The van der Waals surface area contributed by atoms with E-state index in [1.54, 1.807) is 49.5 Å². The van der Waals surface area contributed by atoms with E-state index in [1.165, 1.54) is 0 Å². The van der Waals surface area contributed by atoms with E-state index >= 15 is 0 Å². The Bertz CT molecular complexity index is 1030. The van der Waals surface area contributed by atoms with E-state index < -0.39 is 5.60 Å². The van der Waals surface area contributed by atoms with Crippen molar-refractivity contribution in [2.24, 2.45) is 0 Å². The number of aromatic nitrogens is 1. The summed E-state index contributed by atoms with van der Waals surface area (Å²) in [5.41, 5.74) is 1.05. The standard InChI is InChI=1S/C27H38ClN5O4/c1-27(2,3)37-26(35)32(4)14-6-15-33-16-13-24(22(18-33)23-12-11-21(36-5)17-29-23)31-25(34)30-20-9-7-19(28)8-10-20/h7-12,17,22,24H,6,13-16,18H2,1-5H3,(H2,30,31,34)/t22-,24+/m0/s1. The molecule has 1 saturated heterocycles. The Kier molecular flexibility index (Phi) is 10.00. The molecule has 1 aromatic heterocycles. The lowest BCUT2D eigenvalue weighted by molar-refractivity contribution is 0.0291. The molecule has 0 unspecified atom stereocenters. The number of methoxy groups -OCH3 is 1. The van der Waals surface area contributed by atoms with Crippen LogP contribution in [0.3, 0.4) is 0 Å². The van der Waals surface area contributed by atoms with Crippen LogP contribution in [-0.4, -0.2) is 78.9 Å². The molecular formula is C27H38ClN5O4. The van der Waals surface area contributed by atoms with Crippen LogP contribution >= 0.6 is 11.6 Å². The topological polar surface area (TPSA) is 96.0 Å². The van der Waals surface area contributed by atoms with Crippen LogP contribution in [-0.2, 0) is 4.74 Å². The fourth-order valence-electron chi connectivity index (χ4n) is 4.26. The molecule has 0 saturated carbocycles. The molecule has 3 amide bonds. The second kappa shape index (κ2) is 13.0. The molecule has 0 spiro atoms. The minimum atomic E-state index is -0.515. The molecule has 2 heterocycles. The van der Waals surface area contributed by atoms with E-state index in [9.17, 15) is 9.59 Å². The largest absolute Gasteiger partial charge is 0.495 e. The zero-order valence-corrected chi connectivity index (χ0v) is 23.0. The van der Waals surface area contributed by atoms with Gasteiger partial charge in [-0.1, -0.05) is 11.6 Å². The van der Waals surface area contributed by atoms with E-state index in [-0.39, 0.29) is 24.1 Å². The van der Waals surface area contributed by atoms with Crippen LogP contribution in [0.2, 0.25) is 5.02 Å². The van der Waals surface area contributed by atoms with Gasteiger partial charge in [-0.15, -0.1) is 0 Å². The molecule has 2 N–H and O–H groups in total. The van der Waals surface area contributed by atoms with Gasteiger partial charge in [-0.3, -0.25) is 4.98 Å². The SMILES string of the molecule is COc1ccc([C@@H]2CN(CCCN(C)C(=O)OC(C)(C)C)CC[C@H]2NC(=O)Nc2ccc(Cl)cc2)nc1. The van der Waals surface area contributed by atoms with Crippen molar-refractivity contribution in [1.29, 1.82) is 0 Å². The van der Waals surface area contributed by atoms with Gasteiger partial charge in [-0.05, 0) is 76.6 Å². The molecular weight excluding hydrogens is 494 g/mol. The third-order valence-corrected chi connectivity index (χ3v) is 6.42. The zero-order valence-electron chi connectivity index (χ0n) is 22.3. The molecule has 1 aliphatic heterocycles. The van der Waals surface area contributed by atoms with Gasteiger partial charge in [-0.25, -0.2) is 9.59 Å². The van der Waals surface area contributed by atoms with Gasteiger partial charge >= 0.3 is 12.1 Å². The lowest BCUT2D eigenvalue weighted by Crippen LogP contribution is -2.51. The first kappa shape index (κ1) is 28.5. The van der Waals surface area contributed by atoms with E-state index in [0.29, 0.717) is 23.0 Å². The molecule has 0 radical (unpaired) electrons. The number of likely N-dealkylation sites (tertiary alicyclic amines) is 1. The summed E-state index contributed by atoms with van der Waals surface area (Å²) in [5, 5.41) is 6.63. The lowest BCUT2D eigenvalue weighted by Gasteiger charge is -2.39. The molecule has 1 aliphatic rings. The van der Waals surface area contributed by atoms with Crippen molar-refractivity contribution in [3.8, 4) is 5.75 Å². The van der Waals surface area contributed by atoms with E-state index in [2.05, 4.69) is 20.5 Å². The molecule has 1 aromatic carbocycles. The van der Waals surface area contributed by atoms with Crippen LogP contribution < -0.4 is 15.4 Å². The van der Waals surface area contributed by atoms with Crippen molar-refractivity contribution in [3.05, 3.63) is 53.3 Å². The van der Waals surface area contributed by atoms with Gasteiger partial charge in [0.25, 0.3) is 0 Å². The minimum Gasteiger partial charge on any atom is -0.495 e. The van der Waals surface area contributed by atoms with Gasteiger partial charge in [0.1, 0.15) is 11.4 Å². The summed E-state index contributed by atoms with van der Waals surface area (Å²) < 4.78 is 10.7. The number of amides is 3. The number of piperidine rings is 1. The number of hydrogen-bond donors (Lipinski definition) is 2. The van der Waals surface area contributed by atoms with E-state index in [4.69, 9.17) is 21.1 Å². The Balaban J connectivity index is 1.60. The van der Waals surface area contributed by atoms with Gasteiger partial charge in [0, 0.05) is 55.0 Å². The van der Waals surface area contributed by atoms with Crippen molar-refractivity contribution >= 4 is 29.4 Å². The fourth-order valence-corrected chi connectivity index (χ4v) is 4.38. The number of urea groups is 1. The molecule has 1 fully saturated rings. The summed E-state index contributed by atoms with van der Waals surface area (Å²) in [7, 11) is 3.37. The zero-order chi connectivity index (χ0) is 27.0. The average Bonchev–Trinajstić information content (AvgIpc) is 2.85. The van der Waals surface area contributed by atoms with Crippen molar-refractivity contribution in [3.63, 3.8) is 0 Å². The van der Waals surface area contributed by atoms with Crippen LogP contribution in [0.1, 0.15) is 45.2 Å². The number of rotatable bonds is 8. The second-order valence-electron chi connectivity index (χ2n) is 10.3. The second-order valence-corrected chi connectivity index (χ2v) is 10.7. The summed E-state index contributed by atoms with van der Waals surface area (Å²) in [5.74, 6) is 0.686. The highest BCUT2D eigenvalue weighted by atomic mass is 35.5. The average molecular weight is 532 g/mol. The summed E-state index contributed by atoms with van der Waals surface area (Å²) in [6.45, 7) is 8.57. The first-order chi connectivity index (χ1) is 17.5. The summed E-state index contributed by atoms with van der Waals surface area (Å²) >= 11 is 5.95. The van der Waals surface area contributed by atoms with E-state index in [0.717, 1.165) is 38.2 Å². The first-order valence-corrected chi connectivity index (χ1v) is 12.9. The maximum atomic E-state index is 12.8. The Morgan fingerprint density at radius 2 is 1.92 bits per heavy atom. The number of anilines is 1. The molecule has 3 rings (SSSR count). The van der Waals surface area contributed by atoms with Gasteiger partial charge in [-0.2, -0.15) is 0 Å². The summed E-state index contributed by atoms with van der Waals surface area (Å²) in [6.07, 6.45) is 2.97. The Hall–Kier alpha value is -3.04. The first-order valence-electron chi connectivity index (χ1n) is 12.5. The number of halogens is 1. The smallest absolute Gasteiger partial charge is 0.410 e. The third-order valence-electron chi connectivity index (χ3n) is 6.16. The Morgan fingerprint density at radius 3 is 2.54 bits per heavy atom. The molecule has 9 nitrogen and oxygen atoms in total. The third kappa shape index (κ3) is 9.09. The Morgan fingerprint density at radius 1 is 1.19 bits per heavy atom. The van der Waals surface area contributed by atoms with Gasteiger partial charge in [0.05, 0.1) is 13.3 Å². The van der Waals surface area contributed by atoms with Crippen molar-refractivity contribution in [2.75, 3.05) is 45.7 Å². The molecule has 202 valence electrons. The summed E-state index contributed by atoms with van der Waals surface area (Å²) in [4.78, 5) is 33.6. The highest BCUT2D eigenvalue weighted by Gasteiger charge is 2.32. The number of benzene rings is 1. The van der Waals surface area contributed by atoms with Gasteiger partial charge in [0.15, 0.2) is 0 Å². The molecule has 0 bridgehead atoms. The van der Waals surface area contributed by atoms with Gasteiger partial charge < -0.3 is 29.9 Å². The number of hydrogen-bond acceptors (Lipinski definition) is 6. The quantitative estimate of drug-likeness (QED) is 0.498. The fraction of sp³-hybridized carbons (Fsp3) is 0.519. The number of ether oxygens (including phenoxy) is 2. The van der Waals surface area contributed by atoms with Crippen molar-refractivity contribution in [2.45, 2.75) is 51.2 Å². The van der Waals surface area contributed by atoms with Crippen LogP contribution in [0.15, 0.2) is 42.6 Å². The predicted molar refractivity (Wildman–Crippen MR) is 145 cm³/mol. The van der Waals surface area contributed by atoms with Crippen molar-refractivity contribution < 1.29 is 19.1 Å². The summed E-state index contributed by atoms with van der Waals surface area (Å²) in [6, 6.07) is 10.5. The maximum absolute atomic E-state index is 12.8. The van der Waals surface area contributed by atoms with Crippen LogP contribution in [0.4, 0.5) is 15.3 Å². The number of nitrogens with zero attached hydrogens (tertiary/aromatic N) is 3.